The van der Waals surface area contributed by atoms with Crippen molar-refractivity contribution in [1.29, 1.82) is 0 Å². The molecule has 0 aliphatic carbocycles. The largest absolute Gasteiger partial charge is 0.342 e. The molecular formula is C12H26N2O. The Morgan fingerprint density at radius 3 is 2.47 bits per heavy atom. The van der Waals surface area contributed by atoms with Gasteiger partial charge in [0.25, 0.3) is 0 Å². The van der Waals surface area contributed by atoms with E-state index in [1.54, 1.807) is 0 Å². The lowest BCUT2D eigenvalue weighted by atomic mass is 10.2. The molecule has 1 atom stereocenters. The number of likely N-dealkylation sites (N-methyl/N-ethyl adjacent to an activating group) is 1. The van der Waals surface area contributed by atoms with E-state index in [0.717, 1.165) is 32.4 Å². The molecular weight excluding hydrogens is 188 g/mol. The molecule has 15 heavy (non-hydrogen) atoms. The van der Waals surface area contributed by atoms with E-state index in [1.807, 2.05) is 11.8 Å². The van der Waals surface area contributed by atoms with E-state index in [4.69, 9.17) is 0 Å². The molecule has 1 N–H and O–H groups in total. The van der Waals surface area contributed by atoms with Crippen molar-refractivity contribution in [1.82, 2.24) is 10.2 Å². The molecule has 0 aromatic rings. The Morgan fingerprint density at radius 1 is 1.33 bits per heavy atom. The summed E-state index contributed by atoms with van der Waals surface area (Å²) in [4.78, 5) is 13.7. The lowest BCUT2D eigenvalue weighted by Crippen LogP contribution is -2.41. The van der Waals surface area contributed by atoms with E-state index in [9.17, 15) is 4.79 Å². The first-order chi connectivity index (χ1) is 7.15. The highest BCUT2D eigenvalue weighted by molar-refractivity contribution is 5.78. The summed E-state index contributed by atoms with van der Waals surface area (Å²) in [7, 11) is 0. The van der Waals surface area contributed by atoms with Gasteiger partial charge in [-0.05, 0) is 26.7 Å². The summed E-state index contributed by atoms with van der Waals surface area (Å²) >= 11 is 0. The van der Waals surface area contributed by atoms with Gasteiger partial charge < -0.3 is 10.2 Å². The molecule has 1 unspecified atom stereocenters. The normalized spacial score (nSPS) is 12.5. The second-order valence-corrected chi connectivity index (χ2v) is 4.02. The van der Waals surface area contributed by atoms with Gasteiger partial charge in [-0.1, -0.05) is 20.3 Å². The molecule has 0 aliphatic rings. The van der Waals surface area contributed by atoms with Gasteiger partial charge in [0.05, 0.1) is 6.54 Å². The van der Waals surface area contributed by atoms with Gasteiger partial charge in [-0.2, -0.15) is 0 Å². The number of hydrogen-bond donors (Lipinski definition) is 1. The van der Waals surface area contributed by atoms with Gasteiger partial charge in [0.2, 0.25) is 5.91 Å². The summed E-state index contributed by atoms with van der Waals surface area (Å²) in [6.07, 6.45) is 3.31. The van der Waals surface area contributed by atoms with E-state index in [-0.39, 0.29) is 5.91 Å². The van der Waals surface area contributed by atoms with Gasteiger partial charge in [0.15, 0.2) is 0 Å². The summed E-state index contributed by atoms with van der Waals surface area (Å²) < 4.78 is 0. The van der Waals surface area contributed by atoms with Gasteiger partial charge in [-0.15, -0.1) is 0 Å². The van der Waals surface area contributed by atoms with Crippen LogP contribution in [-0.4, -0.2) is 36.5 Å². The molecule has 0 bridgehead atoms. The molecule has 0 aromatic carbocycles. The van der Waals surface area contributed by atoms with Crippen LogP contribution < -0.4 is 5.32 Å². The van der Waals surface area contributed by atoms with Crippen LogP contribution in [-0.2, 0) is 4.79 Å². The highest BCUT2D eigenvalue weighted by atomic mass is 16.2. The van der Waals surface area contributed by atoms with Crippen LogP contribution in [0.2, 0.25) is 0 Å². The summed E-state index contributed by atoms with van der Waals surface area (Å²) in [5.74, 6) is 0.228. The minimum absolute atomic E-state index is 0.228. The number of nitrogens with one attached hydrogen (secondary N) is 1. The van der Waals surface area contributed by atoms with Crippen molar-refractivity contribution in [2.75, 3.05) is 19.6 Å². The Balaban J connectivity index is 3.82. The van der Waals surface area contributed by atoms with Crippen LogP contribution >= 0.6 is 0 Å². The van der Waals surface area contributed by atoms with Crippen LogP contribution in [0.1, 0.15) is 47.0 Å². The van der Waals surface area contributed by atoms with Gasteiger partial charge in [-0.3, -0.25) is 4.79 Å². The molecule has 0 rings (SSSR count). The smallest absolute Gasteiger partial charge is 0.236 e. The number of rotatable bonds is 8. The first-order valence-electron chi connectivity index (χ1n) is 6.16. The summed E-state index contributed by atoms with van der Waals surface area (Å²) in [6.45, 7) is 10.6. The maximum Gasteiger partial charge on any atom is 0.236 e. The van der Waals surface area contributed by atoms with Crippen molar-refractivity contribution in [3.8, 4) is 0 Å². The monoisotopic (exact) mass is 214 g/mol. The average Bonchev–Trinajstić information content (AvgIpc) is 2.26. The third-order valence-corrected chi connectivity index (χ3v) is 2.73. The van der Waals surface area contributed by atoms with Crippen LogP contribution in [0, 0.1) is 0 Å². The molecule has 3 heteroatoms. The highest BCUT2D eigenvalue weighted by Crippen LogP contribution is 1.96. The Hall–Kier alpha value is -0.570. The SMILES string of the molecule is CCCCN(CC)C(=O)CNC(C)CC. The first kappa shape index (κ1) is 14.4. The van der Waals surface area contributed by atoms with Crippen LogP contribution in [0.15, 0.2) is 0 Å². The first-order valence-corrected chi connectivity index (χ1v) is 6.16. The molecule has 0 spiro atoms. The van der Waals surface area contributed by atoms with E-state index in [1.165, 1.54) is 0 Å². The predicted molar refractivity (Wildman–Crippen MR) is 64.9 cm³/mol. The fourth-order valence-electron chi connectivity index (χ4n) is 1.33. The van der Waals surface area contributed by atoms with E-state index in [0.29, 0.717) is 12.6 Å². The van der Waals surface area contributed by atoms with Crippen LogP contribution in [0.5, 0.6) is 0 Å². The molecule has 0 fully saturated rings. The zero-order valence-corrected chi connectivity index (χ0v) is 10.7. The number of amides is 1. The summed E-state index contributed by atoms with van der Waals surface area (Å²) in [6, 6.07) is 0.429. The van der Waals surface area contributed by atoms with Crippen molar-refractivity contribution >= 4 is 5.91 Å². The van der Waals surface area contributed by atoms with Gasteiger partial charge in [0.1, 0.15) is 0 Å². The molecule has 90 valence electrons. The minimum Gasteiger partial charge on any atom is -0.342 e. The third kappa shape index (κ3) is 6.50. The van der Waals surface area contributed by atoms with Crippen molar-refractivity contribution < 1.29 is 4.79 Å². The number of carbonyl (C=O) groups excluding carboxylic acids is 1. The predicted octanol–water partition coefficient (Wildman–Crippen LogP) is 2.02. The standard InChI is InChI=1S/C12H26N2O/c1-5-8-9-14(7-3)12(15)10-13-11(4)6-2/h11,13H,5-10H2,1-4H3. The summed E-state index contributed by atoms with van der Waals surface area (Å²) in [5, 5.41) is 3.23. The number of nitrogens with zero attached hydrogens (tertiary/aromatic N) is 1. The quantitative estimate of drug-likeness (QED) is 0.670. The fraction of sp³-hybridized carbons (Fsp3) is 0.917. The van der Waals surface area contributed by atoms with E-state index < -0.39 is 0 Å². The van der Waals surface area contributed by atoms with Gasteiger partial charge in [0, 0.05) is 19.1 Å². The van der Waals surface area contributed by atoms with Crippen LogP contribution in [0.3, 0.4) is 0 Å². The second-order valence-electron chi connectivity index (χ2n) is 4.02. The maximum atomic E-state index is 11.8. The van der Waals surface area contributed by atoms with Gasteiger partial charge >= 0.3 is 0 Å². The lowest BCUT2D eigenvalue weighted by molar-refractivity contribution is -0.130. The minimum atomic E-state index is 0.228. The van der Waals surface area contributed by atoms with Crippen molar-refractivity contribution in [3.63, 3.8) is 0 Å². The average molecular weight is 214 g/mol. The van der Waals surface area contributed by atoms with Gasteiger partial charge in [-0.25, -0.2) is 0 Å². The molecule has 0 aliphatic heterocycles. The number of hydrogen-bond acceptors (Lipinski definition) is 2. The third-order valence-electron chi connectivity index (χ3n) is 2.73. The summed E-state index contributed by atoms with van der Waals surface area (Å²) in [5.41, 5.74) is 0. The molecule has 0 heterocycles. The zero-order chi connectivity index (χ0) is 11.7. The van der Waals surface area contributed by atoms with E-state index in [2.05, 4.69) is 26.1 Å². The Kier molecular flexibility index (Phi) is 8.38. The van der Waals surface area contributed by atoms with Crippen molar-refractivity contribution in [2.24, 2.45) is 0 Å². The topological polar surface area (TPSA) is 32.3 Å². The number of carbonyl (C=O) groups is 1. The lowest BCUT2D eigenvalue weighted by Gasteiger charge is -2.22. The van der Waals surface area contributed by atoms with Crippen LogP contribution in [0.25, 0.3) is 0 Å². The Labute approximate surface area is 94.2 Å². The zero-order valence-electron chi connectivity index (χ0n) is 10.7. The maximum absolute atomic E-state index is 11.8. The van der Waals surface area contributed by atoms with Crippen LogP contribution in [0.4, 0.5) is 0 Å². The second kappa shape index (κ2) is 8.72. The Morgan fingerprint density at radius 2 is 2.00 bits per heavy atom. The highest BCUT2D eigenvalue weighted by Gasteiger charge is 2.11. The molecule has 0 saturated heterocycles. The Bertz CT molecular complexity index is 171. The molecule has 0 aromatic heterocycles. The van der Waals surface area contributed by atoms with Crippen molar-refractivity contribution in [3.05, 3.63) is 0 Å². The van der Waals surface area contributed by atoms with Crippen molar-refractivity contribution in [2.45, 2.75) is 53.0 Å². The molecule has 1 amide bonds. The number of unbranched alkanes of at least 4 members (excludes halogenated alkanes) is 1. The fourth-order valence-corrected chi connectivity index (χ4v) is 1.33. The molecule has 0 radical (unpaired) electrons. The molecule has 0 saturated carbocycles. The molecule has 3 nitrogen and oxygen atoms in total. The van der Waals surface area contributed by atoms with E-state index >= 15 is 0 Å².